The van der Waals surface area contributed by atoms with E-state index in [0.29, 0.717) is 12.1 Å². The van der Waals surface area contributed by atoms with Crippen molar-refractivity contribution in [3.05, 3.63) is 76.0 Å². The monoisotopic (exact) mass is 459 g/mol. The Kier molecular flexibility index (Phi) is 9.28. The number of hydrogen-bond acceptors (Lipinski definition) is 3. The molecular weight excluding hydrogens is 426 g/mol. The molecule has 0 aliphatic carbocycles. The van der Waals surface area contributed by atoms with E-state index >= 15 is 0 Å². The Hall–Kier alpha value is -3.59. The number of nitrogens with zero attached hydrogens (tertiary/aromatic N) is 3. The quantitative estimate of drug-likeness (QED) is 0.291. The standard InChI is InChI=1S/C28H33N3O3/c1-3-5-7-8-9-10-15-26-29-31(20-6-4-2)28(34)30(26)21-22-16-18-23(19-17-22)24-13-11-12-14-25(24)27(32)33/h11-14,16-19H,3,5,7-10,15,20-21H2,1-2H3,(H,32,33). The van der Waals surface area contributed by atoms with Gasteiger partial charge in [0.15, 0.2) is 0 Å². The molecular formula is C28H33N3O3. The Morgan fingerprint density at radius 3 is 2.41 bits per heavy atom. The summed E-state index contributed by atoms with van der Waals surface area (Å²) in [5.74, 6) is 5.60. The second kappa shape index (κ2) is 12.6. The van der Waals surface area contributed by atoms with E-state index in [9.17, 15) is 14.7 Å². The number of unbranched alkanes of at least 4 members (excludes halogenated alkanes) is 5. The first-order valence-corrected chi connectivity index (χ1v) is 12.0. The lowest BCUT2D eigenvalue weighted by Gasteiger charge is -2.09. The van der Waals surface area contributed by atoms with Crippen LogP contribution in [0.2, 0.25) is 0 Å². The van der Waals surface area contributed by atoms with Crippen LogP contribution in [0.1, 0.15) is 74.1 Å². The molecule has 0 fully saturated rings. The number of carboxylic acids is 1. The minimum atomic E-state index is -0.951. The first-order valence-electron chi connectivity index (χ1n) is 12.0. The Labute approximate surface area is 201 Å². The number of aryl methyl sites for hydroxylation is 1. The van der Waals surface area contributed by atoms with E-state index in [1.54, 1.807) is 29.7 Å². The van der Waals surface area contributed by atoms with Gasteiger partial charge in [0.2, 0.25) is 0 Å². The topological polar surface area (TPSA) is 77.1 Å². The van der Waals surface area contributed by atoms with Gasteiger partial charge in [-0.25, -0.2) is 14.3 Å². The third-order valence-electron chi connectivity index (χ3n) is 5.92. The zero-order chi connectivity index (χ0) is 24.3. The van der Waals surface area contributed by atoms with E-state index in [4.69, 9.17) is 0 Å². The summed E-state index contributed by atoms with van der Waals surface area (Å²) in [6.07, 6.45) is 7.85. The highest BCUT2D eigenvalue weighted by molar-refractivity contribution is 5.95. The summed E-state index contributed by atoms with van der Waals surface area (Å²) in [5, 5.41) is 14.0. The van der Waals surface area contributed by atoms with Crippen molar-refractivity contribution < 1.29 is 9.90 Å². The maximum Gasteiger partial charge on any atom is 0.347 e. The molecule has 3 rings (SSSR count). The van der Waals surface area contributed by atoms with Gasteiger partial charge < -0.3 is 5.11 Å². The van der Waals surface area contributed by atoms with Gasteiger partial charge in [-0.15, -0.1) is 5.92 Å². The molecule has 178 valence electrons. The molecule has 0 atom stereocenters. The van der Waals surface area contributed by atoms with Gasteiger partial charge in [-0.1, -0.05) is 87.4 Å². The van der Waals surface area contributed by atoms with Crippen molar-refractivity contribution in [1.82, 2.24) is 14.3 Å². The molecule has 1 aromatic heterocycles. The molecule has 0 saturated heterocycles. The molecule has 34 heavy (non-hydrogen) atoms. The van der Waals surface area contributed by atoms with Crippen molar-refractivity contribution in [3.63, 3.8) is 0 Å². The Balaban J connectivity index is 1.79. The fourth-order valence-electron chi connectivity index (χ4n) is 4.04. The fourth-order valence-corrected chi connectivity index (χ4v) is 4.04. The number of rotatable bonds is 12. The van der Waals surface area contributed by atoms with Gasteiger partial charge in [-0.2, -0.15) is 5.10 Å². The van der Waals surface area contributed by atoms with Crippen LogP contribution in [-0.4, -0.2) is 25.4 Å². The molecule has 0 saturated carbocycles. The minimum absolute atomic E-state index is 0.149. The number of aromatic carboxylic acids is 1. The lowest BCUT2D eigenvalue weighted by Crippen LogP contribution is -2.25. The molecule has 0 unspecified atom stereocenters. The molecule has 1 heterocycles. The van der Waals surface area contributed by atoms with E-state index in [1.807, 2.05) is 30.3 Å². The van der Waals surface area contributed by atoms with Gasteiger partial charge in [0, 0.05) is 6.42 Å². The van der Waals surface area contributed by atoms with E-state index < -0.39 is 5.97 Å². The maximum atomic E-state index is 13.0. The molecule has 0 radical (unpaired) electrons. The average molecular weight is 460 g/mol. The summed E-state index contributed by atoms with van der Waals surface area (Å²) >= 11 is 0. The van der Waals surface area contributed by atoms with E-state index in [-0.39, 0.29) is 17.8 Å². The molecule has 1 N–H and O–H groups in total. The van der Waals surface area contributed by atoms with Gasteiger partial charge in [-0.3, -0.25) is 4.57 Å². The SMILES string of the molecule is CC#CCn1nc(CCCCCCCC)n(Cc2ccc(-c3ccccc3C(=O)O)cc2)c1=O. The zero-order valence-corrected chi connectivity index (χ0v) is 20.1. The number of hydrogen-bond donors (Lipinski definition) is 1. The molecule has 0 amide bonds. The number of benzene rings is 2. The lowest BCUT2D eigenvalue weighted by molar-refractivity contribution is 0.0697. The molecule has 3 aromatic rings. The molecule has 0 aliphatic rings. The van der Waals surface area contributed by atoms with Crippen molar-refractivity contribution in [2.75, 3.05) is 0 Å². The molecule has 2 aromatic carbocycles. The molecule has 0 aliphatic heterocycles. The molecule has 6 heteroatoms. The van der Waals surface area contributed by atoms with Crippen molar-refractivity contribution in [2.24, 2.45) is 0 Å². The van der Waals surface area contributed by atoms with Crippen LogP contribution < -0.4 is 5.69 Å². The fraction of sp³-hybridized carbons (Fsp3) is 0.393. The molecule has 0 spiro atoms. The lowest BCUT2D eigenvalue weighted by atomic mass is 9.99. The van der Waals surface area contributed by atoms with Crippen molar-refractivity contribution in [1.29, 1.82) is 0 Å². The molecule has 0 bridgehead atoms. The zero-order valence-electron chi connectivity index (χ0n) is 20.1. The van der Waals surface area contributed by atoms with E-state index in [0.717, 1.165) is 36.2 Å². The van der Waals surface area contributed by atoms with Gasteiger partial charge in [0.05, 0.1) is 12.1 Å². The normalized spacial score (nSPS) is 10.6. The predicted octanol–water partition coefficient (Wildman–Crippen LogP) is 5.38. The summed E-state index contributed by atoms with van der Waals surface area (Å²) in [6, 6.07) is 14.7. The minimum Gasteiger partial charge on any atom is -0.478 e. The third-order valence-corrected chi connectivity index (χ3v) is 5.92. The van der Waals surface area contributed by atoms with Crippen LogP contribution in [0.25, 0.3) is 11.1 Å². The number of carboxylic acid groups (broad SMARTS) is 1. The third kappa shape index (κ3) is 6.48. The summed E-state index contributed by atoms with van der Waals surface area (Å²) in [6.45, 7) is 4.67. The van der Waals surface area contributed by atoms with Crippen LogP contribution in [0.5, 0.6) is 0 Å². The van der Waals surface area contributed by atoms with E-state index in [2.05, 4.69) is 23.9 Å². The predicted molar refractivity (Wildman–Crippen MR) is 135 cm³/mol. The van der Waals surface area contributed by atoms with Crippen LogP contribution in [0, 0.1) is 11.8 Å². The smallest absolute Gasteiger partial charge is 0.347 e. The van der Waals surface area contributed by atoms with E-state index in [1.165, 1.54) is 30.4 Å². The maximum absolute atomic E-state index is 13.0. The first-order chi connectivity index (χ1) is 16.5. The summed E-state index contributed by atoms with van der Waals surface area (Å²) in [4.78, 5) is 24.6. The molecule has 6 nitrogen and oxygen atoms in total. The summed E-state index contributed by atoms with van der Waals surface area (Å²) < 4.78 is 3.18. The van der Waals surface area contributed by atoms with Gasteiger partial charge in [0.25, 0.3) is 0 Å². The highest BCUT2D eigenvalue weighted by Gasteiger charge is 2.14. The van der Waals surface area contributed by atoms with Crippen LogP contribution in [-0.2, 0) is 19.5 Å². The number of carbonyl (C=O) groups is 1. The average Bonchev–Trinajstić information content (AvgIpc) is 3.14. The van der Waals surface area contributed by atoms with Crippen LogP contribution >= 0.6 is 0 Å². The van der Waals surface area contributed by atoms with Crippen LogP contribution in [0.3, 0.4) is 0 Å². The van der Waals surface area contributed by atoms with Gasteiger partial charge >= 0.3 is 11.7 Å². The van der Waals surface area contributed by atoms with Crippen LogP contribution in [0.4, 0.5) is 0 Å². The highest BCUT2D eigenvalue weighted by Crippen LogP contribution is 2.24. The van der Waals surface area contributed by atoms with Crippen molar-refractivity contribution >= 4 is 5.97 Å². The van der Waals surface area contributed by atoms with Crippen molar-refractivity contribution in [2.45, 2.75) is 71.9 Å². The Morgan fingerprint density at radius 2 is 1.71 bits per heavy atom. The summed E-state index contributed by atoms with van der Waals surface area (Å²) in [5.41, 5.74) is 2.59. The second-order valence-electron chi connectivity index (χ2n) is 8.43. The first kappa shape index (κ1) is 25.0. The summed E-state index contributed by atoms with van der Waals surface area (Å²) in [7, 11) is 0. The second-order valence-corrected chi connectivity index (χ2v) is 8.43. The Morgan fingerprint density at radius 1 is 1.00 bits per heavy atom. The largest absolute Gasteiger partial charge is 0.478 e. The van der Waals surface area contributed by atoms with Crippen LogP contribution in [0.15, 0.2) is 53.3 Å². The van der Waals surface area contributed by atoms with Gasteiger partial charge in [-0.05, 0) is 36.1 Å². The Bertz CT molecular complexity index is 1210. The highest BCUT2D eigenvalue weighted by atomic mass is 16.4. The number of aromatic nitrogens is 3. The van der Waals surface area contributed by atoms with Gasteiger partial charge in [0.1, 0.15) is 12.4 Å². The van der Waals surface area contributed by atoms with Crippen molar-refractivity contribution in [3.8, 4) is 23.0 Å².